The number of nitrogens with zero attached hydrogens (tertiary/aromatic N) is 1. The fourth-order valence-electron chi connectivity index (χ4n) is 2.62. The third-order valence-electron chi connectivity index (χ3n) is 4.18. The molecule has 1 aliphatic rings. The van der Waals surface area contributed by atoms with Crippen LogP contribution in [-0.4, -0.2) is 40.6 Å². The third kappa shape index (κ3) is 3.72. The predicted molar refractivity (Wildman–Crippen MR) is 82.2 cm³/mol. The summed E-state index contributed by atoms with van der Waals surface area (Å²) in [6.45, 7) is 4.16. The number of hydrogen-bond acceptors (Lipinski definition) is 4. The van der Waals surface area contributed by atoms with Crippen LogP contribution in [0.1, 0.15) is 24.0 Å². The van der Waals surface area contributed by atoms with Crippen molar-refractivity contribution in [3.8, 4) is 0 Å². The molecule has 4 heteroatoms. The number of likely N-dealkylation sites (tertiary alicyclic amines) is 1. The number of rotatable bonds is 5. The molecule has 106 valence electrons. The van der Waals surface area contributed by atoms with Gasteiger partial charge in [-0.15, -0.1) is 0 Å². The number of aliphatic hydroxyl groups is 1. The van der Waals surface area contributed by atoms with Crippen LogP contribution in [0.4, 0.5) is 0 Å². The van der Waals surface area contributed by atoms with Gasteiger partial charge in [-0.3, -0.25) is 4.90 Å². The average Bonchev–Trinajstić information content (AvgIpc) is 2.49. The number of hydrogen-bond donors (Lipinski definition) is 2. The number of thioether (sulfide) groups is 1. The Kier molecular flexibility index (Phi) is 5.28. The maximum atomic E-state index is 9.04. The van der Waals surface area contributed by atoms with E-state index in [4.69, 9.17) is 10.8 Å². The van der Waals surface area contributed by atoms with E-state index in [1.54, 1.807) is 0 Å². The molecule has 0 unspecified atom stereocenters. The molecule has 0 aliphatic carbocycles. The van der Waals surface area contributed by atoms with Crippen LogP contribution in [-0.2, 0) is 13.2 Å². The van der Waals surface area contributed by atoms with Crippen molar-refractivity contribution in [2.24, 2.45) is 5.73 Å². The summed E-state index contributed by atoms with van der Waals surface area (Å²) >= 11 is 1.93. The number of benzene rings is 1. The Bertz CT molecular complexity index is 380. The number of aliphatic hydroxyl groups excluding tert-OH is 1. The third-order valence-corrected chi connectivity index (χ3v) is 5.62. The molecule has 1 saturated heterocycles. The summed E-state index contributed by atoms with van der Waals surface area (Å²) < 4.78 is 0.303. The molecule has 1 aliphatic heterocycles. The van der Waals surface area contributed by atoms with Gasteiger partial charge >= 0.3 is 0 Å². The van der Waals surface area contributed by atoms with E-state index in [1.165, 1.54) is 18.4 Å². The van der Waals surface area contributed by atoms with Gasteiger partial charge in [0.1, 0.15) is 0 Å². The molecule has 1 aromatic carbocycles. The zero-order chi connectivity index (χ0) is 13.7. The van der Waals surface area contributed by atoms with Crippen LogP contribution in [0.2, 0.25) is 0 Å². The highest BCUT2D eigenvalue weighted by molar-refractivity contribution is 8.00. The molecular formula is C15H24N2OS. The molecule has 3 nitrogen and oxygen atoms in total. The maximum Gasteiger partial charge on any atom is 0.0681 e. The van der Waals surface area contributed by atoms with Crippen molar-refractivity contribution in [1.82, 2.24) is 4.90 Å². The molecule has 1 aromatic rings. The minimum atomic E-state index is 0.122. The summed E-state index contributed by atoms with van der Waals surface area (Å²) in [4.78, 5) is 2.50. The highest BCUT2D eigenvalue weighted by atomic mass is 32.2. The zero-order valence-corrected chi connectivity index (χ0v) is 12.5. The summed E-state index contributed by atoms with van der Waals surface area (Å²) in [5.74, 6) is 0. The van der Waals surface area contributed by atoms with Crippen molar-refractivity contribution < 1.29 is 5.11 Å². The maximum absolute atomic E-state index is 9.04. The summed E-state index contributed by atoms with van der Waals surface area (Å²) in [7, 11) is 0. The second-order valence-corrected chi connectivity index (χ2v) is 6.62. The predicted octanol–water partition coefficient (Wildman–Crippen LogP) is 1.84. The molecule has 2 rings (SSSR count). The second-order valence-electron chi connectivity index (χ2n) is 5.34. The first-order chi connectivity index (χ1) is 9.21. The standard InChI is InChI=1S/C15H24N2OS/c1-19-15(12-16)6-8-17(9-7-15)10-13-2-4-14(11-18)5-3-13/h2-5,18H,6-12,16H2,1H3. The highest BCUT2D eigenvalue weighted by Gasteiger charge is 2.32. The lowest BCUT2D eigenvalue weighted by Crippen LogP contribution is -2.46. The lowest BCUT2D eigenvalue weighted by molar-refractivity contribution is 0.195. The van der Waals surface area contributed by atoms with Gasteiger partial charge in [0.25, 0.3) is 0 Å². The summed E-state index contributed by atoms with van der Waals surface area (Å²) in [6, 6.07) is 8.24. The SMILES string of the molecule is CSC1(CN)CCN(Cc2ccc(CO)cc2)CC1. The van der Waals surface area contributed by atoms with E-state index in [0.717, 1.165) is 31.7 Å². The fraction of sp³-hybridized carbons (Fsp3) is 0.600. The smallest absolute Gasteiger partial charge is 0.0681 e. The van der Waals surface area contributed by atoms with Crippen LogP contribution in [0.5, 0.6) is 0 Å². The van der Waals surface area contributed by atoms with Crippen molar-refractivity contribution in [1.29, 1.82) is 0 Å². The fourth-order valence-corrected chi connectivity index (χ4v) is 3.38. The number of piperidine rings is 1. The lowest BCUT2D eigenvalue weighted by Gasteiger charge is -2.40. The zero-order valence-electron chi connectivity index (χ0n) is 11.6. The molecule has 0 spiro atoms. The Morgan fingerprint density at radius 3 is 2.26 bits per heavy atom. The topological polar surface area (TPSA) is 49.5 Å². The minimum Gasteiger partial charge on any atom is -0.392 e. The van der Waals surface area contributed by atoms with E-state index in [0.29, 0.717) is 4.75 Å². The van der Waals surface area contributed by atoms with Crippen LogP contribution in [0.3, 0.4) is 0 Å². The van der Waals surface area contributed by atoms with Crippen molar-refractivity contribution in [2.75, 3.05) is 25.9 Å². The van der Waals surface area contributed by atoms with Gasteiger partial charge in [0.15, 0.2) is 0 Å². The average molecular weight is 280 g/mol. The summed E-state index contributed by atoms with van der Waals surface area (Å²) in [5.41, 5.74) is 8.22. The van der Waals surface area contributed by atoms with Gasteiger partial charge < -0.3 is 10.8 Å². The molecule has 0 atom stereocenters. The Morgan fingerprint density at radius 2 is 1.79 bits per heavy atom. The molecule has 0 aromatic heterocycles. The van der Waals surface area contributed by atoms with Gasteiger partial charge in [0.2, 0.25) is 0 Å². The molecule has 0 bridgehead atoms. The van der Waals surface area contributed by atoms with Crippen molar-refractivity contribution in [3.63, 3.8) is 0 Å². The first kappa shape index (κ1) is 14.9. The van der Waals surface area contributed by atoms with Gasteiger partial charge in [0.05, 0.1) is 6.61 Å². The van der Waals surface area contributed by atoms with Crippen molar-refractivity contribution >= 4 is 11.8 Å². The Morgan fingerprint density at radius 1 is 1.21 bits per heavy atom. The summed E-state index contributed by atoms with van der Waals surface area (Å²) in [5, 5.41) is 9.04. The van der Waals surface area contributed by atoms with Crippen molar-refractivity contribution in [2.45, 2.75) is 30.7 Å². The number of nitrogens with two attached hydrogens (primary N) is 1. The Labute approximate surface area is 120 Å². The second kappa shape index (κ2) is 6.75. The molecule has 0 radical (unpaired) electrons. The van der Waals surface area contributed by atoms with Crippen LogP contribution in [0.25, 0.3) is 0 Å². The molecule has 0 amide bonds. The monoisotopic (exact) mass is 280 g/mol. The molecular weight excluding hydrogens is 256 g/mol. The van der Waals surface area contributed by atoms with E-state index >= 15 is 0 Å². The van der Waals surface area contributed by atoms with Gasteiger partial charge in [-0.05, 0) is 43.3 Å². The normalized spacial score (nSPS) is 19.5. The van der Waals surface area contributed by atoms with E-state index in [1.807, 2.05) is 23.9 Å². The largest absolute Gasteiger partial charge is 0.392 e. The molecule has 3 N–H and O–H groups in total. The van der Waals surface area contributed by atoms with Gasteiger partial charge in [-0.25, -0.2) is 0 Å². The quantitative estimate of drug-likeness (QED) is 0.864. The Hall–Kier alpha value is -0.550. The van der Waals surface area contributed by atoms with E-state index in [2.05, 4.69) is 23.3 Å². The van der Waals surface area contributed by atoms with Crippen LogP contribution in [0.15, 0.2) is 24.3 Å². The molecule has 1 fully saturated rings. The van der Waals surface area contributed by atoms with Crippen LogP contribution in [0, 0.1) is 0 Å². The molecule has 0 saturated carbocycles. The minimum absolute atomic E-state index is 0.122. The van der Waals surface area contributed by atoms with Gasteiger partial charge in [-0.1, -0.05) is 24.3 Å². The summed E-state index contributed by atoms with van der Waals surface area (Å²) in [6.07, 6.45) is 4.54. The molecule has 19 heavy (non-hydrogen) atoms. The highest BCUT2D eigenvalue weighted by Crippen LogP contribution is 2.33. The lowest BCUT2D eigenvalue weighted by atomic mass is 9.95. The first-order valence-corrected chi connectivity index (χ1v) is 8.10. The van der Waals surface area contributed by atoms with E-state index in [9.17, 15) is 0 Å². The van der Waals surface area contributed by atoms with E-state index < -0.39 is 0 Å². The molecule has 1 heterocycles. The van der Waals surface area contributed by atoms with Crippen LogP contribution < -0.4 is 5.73 Å². The van der Waals surface area contributed by atoms with Gasteiger partial charge in [-0.2, -0.15) is 11.8 Å². The van der Waals surface area contributed by atoms with Crippen molar-refractivity contribution in [3.05, 3.63) is 35.4 Å². The van der Waals surface area contributed by atoms with Gasteiger partial charge in [0, 0.05) is 17.8 Å². The first-order valence-electron chi connectivity index (χ1n) is 6.87. The van der Waals surface area contributed by atoms with E-state index in [-0.39, 0.29) is 6.61 Å². The van der Waals surface area contributed by atoms with Crippen LogP contribution >= 0.6 is 11.8 Å². The Balaban J connectivity index is 1.88.